The third kappa shape index (κ3) is 6.61. The molecule has 2 aromatic heterocycles. The number of rotatable bonds is 9. The smallest absolute Gasteiger partial charge is 0.249 e. The lowest BCUT2D eigenvalue weighted by atomic mass is 10.1. The van der Waals surface area contributed by atoms with Crippen LogP contribution in [0.3, 0.4) is 0 Å². The van der Waals surface area contributed by atoms with E-state index in [0.29, 0.717) is 16.6 Å². The summed E-state index contributed by atoms with van der Waals surface area (Å²) in [5.74, 6) is 0.488. The van der Waals surface area contributed by atoms with E-state index in [1.165, 1.54) is 29.8 Å². The SMILES string of the molecule is CC(=O)Cc1nsc(/N=N/c2ccc(/N=N/c3ccc(N(C)c4ccc(N5CCCC5)s4)cc3C)cc2C)n1. The van der Waals surface area contributed by atoms with Crippen molar-refractivity contribution in [2.75, 3.05) is 29.9 Å². The highest BCUT2D eigenvalue weighted by Gasteiger charge is 2.16. The van der Waals surface area contributed by atoms with Gasteiger partial charge in [-0.05, 0) is 93.3 Å². The molecule has 0 atom stereocenters. The number of aryl methyl sites for hydroxylation is 2. The molecule has 1 aliphatic heterocycles. The van der Waals surface area contributed by atoms with Crippen LogP contribution in [-0.2, 0) is 11.2 Å². The average Bonchev–Trinajstić information content (AvgIpc) is 3.69. The van der Waals surface area contributed by atoms with Crippen molar-refractivity contribution in [1.82, 2.24) is 9.36 Å². The Morgan fingerprint density at radius 1 is 0.949 bits per heavy atom. The zero-order valence-corrected chi connectivity index (χ0v) is 24.1. The third-order valence-corrected chi connectivity index (χ3v) is 8.32. The maximum absolute atomic E-state index is 11.2. The molecule has 5 rings (SSSR count). The van der Waals surface area contributed by atoms with Gasteiger partial charge in [-0.1, -0.05) is 0 Å². The van der Waals surface area contributed by atoms with Crippen molar-refractivity contribution < 1.29 is 4.79 Å². The number of ketones is 1. The van der Waals surface area contributed by atoms with Crippen LogP contribution in [0.25, 0.3) is 0 Å². The summed E-state index contributed by atoms with van der Waals surface area (Å²) in [5.41, 5.74) is 5.37. The molecule has 9 nitrogen and oxygen atoms in total. The van der Waals surface area contributed by atoms with E-state index >= 15 is 0 Å². The van der Waals surface area contributed by atoms with Gasteiger partial charge in [-0.3, -0.25) is 4.79 Å². The molecular weight excluding hydrogens is 528 g/mol. The second kappa shape index (κ2) is 11.9. The first-order valence-corrected chi connectivity index (χ1v) is 14.4. The minimum Gasteiger partial charge on any atom is -0.363 e. The maximum atomic E-state index is 11.2. The highest BCUT2D eigenvalue weighted by atomic mass is 32.1. The van der Waals surface area contributed by atoms with Gasteiger partial charge in [-0.25, -0.2) is 0 Å². The van der Waals surface area contributed by atoms with Gasteiger partial charge in [-0.15, -0.1) is 21.6 Å². The van der Waals surface area contributed by atoms with E-state index in [0.717, 1.165) is 52.8 Å². The fourth-order valence-electron chi connectivity index (χ4n) is 4.30. The van der Waals surface area contributed by atoms with Crippen molar-refractivity contribution in [3.05, 3.63) is 65.5 Å². The van der Waals surface area contributed by atoms with E-state index in [9.17, 15) is 4.79 Å². The monoisotopic (exact) mass is 558 g/mol. The predicted molar refractivity (Wildman–Crippen MR) is 159 cm³/mol. The Morgan fingerprint density at radius 2 is 1.67 bits per heavy atom. The minimum atomic E-state index is 0.0140. The molecule has 4 aromatic rings. The molecule has 11 heteroatoms. The first-order chi connectivity index (χ1) is 18.9. The van der Waals surface area contributed by atoms with Crippen molar-refractivity contribution in [3.63, 3.8) is 0 Å². The number of carbonyl (C=O) groups excluding carboxylic acids is 1. The normalized spacial score (nSPS) is 13.7. The van der Waals surface area contributed by atoms with Crippen LogP contribution in [0, 0.1) is 13.8 Å². The van der Waals surface area contributed by atoms with Gasteiger partial charge >= 0.3 is 0 Å². The number of benzene rings is 2. The second-order valence-corrected chi connectivity index (χ2v) is 11.3. The number of nitrogens with zero attached hydrogens (tertiary/aromatic N) is 8. The molecule has 200 valence electrons. The summed E-state index contributed by atoms with van der Waals surface area (Å²) >= 11 is 2.96. The topological polar surface area (TPSA) is 98.8 Å². The van der Waals surface area contributed by atoms with Crippen molar-refractivity contribution in [1.29, 1.82) is 0 Å². The van der Waals surface area contributed by atoms with Crippen molar-refractivity contribution in [2.45, 2.75) is 40.0 Å². The molecule has 1 fully saturated rings. The molecule has 0 amide bonds. The molecule has 39 heavy (non-hydrogen) atoms. The van der Waals surface area contributed by atoms with Gasteiger partial charge in [0.2, 0.25) is 5.13 Å². The molecule has 0 spiro atoms. The summed E-state index contributed by atoms with van der Waals surface area (Å²) in [7, 11) is 2.10. The van der Waals surface area contributed by atoms with E-state index in [-0.39, 0.29) is 12.2 Å². The summed E-state index contributed by atoms with van der Waals surface area (Å²) in [5, 5.41) is 20.4. The van der Waals surface area contributed by atoms with Crippen LogP contribution in [0.2, 0.25) is 0 Å². The van der Waals surface area contributed by atoms with Crippen LogP contribution in [0.5, 0.6) is 0 Å². The zero-order valence-electron chi connectivity index (χ0n) is 22.5. The van der Waals surface area contributed by atoms with E-state index < -0.39 is 0 Å². The number of hydrogen-bond acceptors (Lipinski definition) is 11. The van der Waals surface area contributed by atoms with Crippen LogP contribution >= 0.6 is 22.9 Å². The molecule has 3 heterocycles. The summed E-state index contributed by atoms with van der Waals surface area (Å²) in [6.45, 7) is 7.83. The maximum Gasteiger partial charge on any atom is 0.249 e. The van der Waals surface area contributed by atoms with Crippen LogP contribution in [0.4, 0.5) is 37.9 Å². The van der Waals surface area contributed by atoms with Gasteiger partial charge in [-0.2, -0.15) is 19.6 Å². The summed E-state index contributed by atoms with van der Waals surface area (Å²) in [6, 6.07) is 16.3. The van der Waals surface area contributed by atoms with Gasteiger partial charge < -0.3 is 9.80 Å². The largest absolute Gasteiger partial charge is 0.363 e. The Bertz CT molecular complexity index is 1530. The van der Waals surface area contributed by atoms with Gasteiger partial charge in [0.15, 0.2) is 5.82 Å². The fourth-order valence-corrected chi connectivity index (χ4v) is 5.85. The van der Waals surface area contributed by atoms with E-state index in [4.69, 9.17) is 0 Å². The Hall–Kier alpha value is -3.83. The molecule has 0 unspecified atom stereocenters. The first kappa shape index (κ1) is 26.8. The highest BCUT2D eigenvalue weighted by molar-refractivity contribution is 7.20. The zero-order chi connectivity index (χ0) is 27.4. The summed E-state index contributed by atoms with van der Waals surface area (Å²) in [6.07, 6.45) is 2.77. The molecule has 2 aromatic carbocycles. The van der Waals surface area contributed by atoms with E-state index in [1.54, 1.807) is 0 Å². The number of aromatic nitrogens is 2. The molecule has 0 bridgehead atoms. The van der Waals surface area contributed by atoms with Crippen LogP contribution in [0.15, 0.2) is 69.0 Å². The van der Waals surface area contributed by atoms with Crippen LogP contribution in [0.1, 0.15) is 36.7 Å². The summed E-state index contributed by atoms with van der Waals surface area (Å²) < 4.78 is 4.14. The van der Waals surface area contributed by atoms with Gasteiger partial charge in [0, 0.05) is 37.4 Å². The molecule has 0 radical (unpaired) electrons. The predicted octanol–water partition coefficient (Wildman–Crippen LogP) is 8.55. The van der Waals surface area contributed by atoms with Gasteiger partial charge in [0.25, 0.3) is 0 Å². The third-order valence-electron chi connectivity index (χ3n) is 6.45. The van der Waals surface area contributed by atoms with Crippen LogP contribution < -0.4 is 9.80 Å². The number of thiophene rings is 1. The molecule has 0 N–H and O–H groups in total. The Morgan fingerprint density at radius 3 is 2.38 bits per heavy atom. The van der Waals surface area contributed by atoms with Crippen molar-refractivity contribution in [2.24, 2.45) is 20.5 Å². The minimum absolute atomic E-state index is 0.0140. The number of anilines is 3. The lowest BCUT2D eigenvalue weighted by Gasteiger charge is -2.19. The first-order valence-electron chi connectivity index (χ1n) is 12.8. The Labute approximate surface area is 236 Å². The Balaban J connectivity index is 1.24. The Kier molecular flexibility index (Phi) is 8.18. The van der Waals surface area contributed by atoms with Gasteiger partial charge in [0.1, 0.15) is 5.78 Å². The quantitative estimate of drug-likeness (QED) is 0.192. The van der Waals surface area contributed by atoms with Crippen molar-refractivity contribution >= 4 is 66.5 Å². The molecular formula is C28H30N8OS2. The van der Waals surface area contributed by atoms with Crippen molar-refractivity contribution in [3.8, 4) is 0 Å². The molecule has 1 aliphatic rings. The van der Waals surface area contributed by atoms with Crippen LogP contribution in [-0.4, -0.2) is 35.3 Å². The molecule has 1 saturated heterocycles. The number of Topliss-reactive ketones (excluding diaryl/α,β-unsaturated/α-hetero) is 1. The highest BCUT2D eigenvalue weighted by Crippen LogP contribution is 2.38. The molecule has 0 aliphatic carbocycles. The lowest BCUT2D eigenvalue weighted by molar-refractivity contribution is -0.116. The van der Waals surface area contributed by atoms with Gasteiger partial charge in [0.05, 0.1) is 33.5 Å². The number of hydrogen-bond donors (Lipinski definition) is 0. The average molecular weight is 559 g/mol. The molecule has 0 saturated carbocycles. The summed E-state index contributed by atoms with van der Waals surface area (Å²) in [4.78, 5) is 20.1. The lowest BCUT2D eigenvalue weighted by Crippen LogP contribution is -2.15. The second-order valence-electron chi connectivity index (χ2n) is 9.58. The number of carbonyl (C=O) groups is 1. The fraction of sp³-hybridized carbons (Fsp3) is 0.321. The standard InChI is InChI=1S/C28H30N8OS2/c1-18-15-21(7-9-23(18)32-33-28-29-25(34-39-28)17-20(3)37)30-31-24-10-8-22(16-19(24)2)35(4)26-11-12-27(38-26)36-13-5-6-14-36/h7-12,15-16H,5-6,13-14,17H2,1-4H3/b31-30+,33-32+. The van der Waals surface area contributed by atoms with E-state index in [2.05, 4.69) is 77.9 Å². The number of azo groups is 2. The van der Waals surface area contributed by atoms with E-state index in [1.807, 2.05) is 42.5 Å².